The molecule has 0 amide bonds. The van der Waals surface area contributed by atoms with Gasteiger partial charge in [0.15, 0.2) is 0 Å². The summed E-state index contributed by atoms with van der Waals surface area (Å²) in [5, 5.41) is 0. The van der Waals surface area contributed by atoms with Crippen LogP contribution in [0.4, 0.5) is 0 Å². The standard InChI is InChI=1S/C8H14N4OS/c1-13-8-7(10-3-4-11-8)6(12-9)5-14-2/h3-4,6,12H,5,9H2,1-2H3. The summed E-state index contributed by atoms with van der Waals surface area (Å²) in [4.78, 5) is 8.25. The molecular weight excluding hydrogens is 200 g/mol. The highest BCUT2D eigenvalue weighted by molar-refractivity contribution is 7.98. The minimum Gasteiger partial charge on any atom is -0.480 e. The average Bonchev–Trinajstić information content (AvgIpc) is 2.26. The van der Waals surface area contributed by atoms with E-state index in [2.05, 4.69) is 15.4 Å². The van der Waals surface area contributed by atoms with E-state index in [0.717, 1.165) is 11.4 Å². The summed E-state index contributed by atoms with van der Waals surface area (Å²) in [7, 11) is 1.57. The molecule has 78 valence electrons. The maximum absolute atomic E-state index is 5.43. The van der Waals surface area contributed by atoms with Crippen molar-refractivity contribution in [1.29, 1.82) is 0 Å². The number of hydrogen-bond acceptors (Lipinski definition) is 6. The first-order chi connectivity index (χ1) is 6.83. The van der Waals surface area contributed by atoms with Crippen LogP contribution in [0.25, 0.3) is 0 Å². The fourth-order valence-corrected chi connectivity index (χ4v) is 1.69. The molecule has 1 rings (SSSR count). The summed E-state index contributed by atoms with van der Waals surface area (Å²) in [6.07, 6.45) is 5.23. The normalized spacial score (nSPS) is 12.5. The van der Waals surface area contributed by atoms with Crippen molar-refractivity contribution in [2.75, 3.05) is 19.1 Å². The molecule has 0 bridgehead atoms. The van der Waals surface area contributed by atoms with Gasteiger partial charge in [-0.2, -0.15) is 11.8 Å². The third kappa shape index (κ3) is 2.57. The summed E-state index contributed by atoms with van der Waals surface area (Å²) in [5.74, 6) is 6.77. The van der Waals surface area contributed by atoms with Crippen LogP contribution in [0.3, 0.4) is 0 Å². The molecule has 0 saturated carbocycles. The van der Waals surface area contributed by atoms with Gasteiger partial charge in [0.2, 0.25) is 5.88 Å². The van der Waals surface area contributed by atoms with Gasteiger partial charge in [0.25, 0.3) is 0 Å². The molecule has 0 saturated heterocycles. The van der Waals surface area contributed by atoms with Crippen LogP contribution in [-0.4, -0.2) is 29.1 Å². The van der Waals surface area contributed by atoms with Gasteiger partial charge in [0, 0.05) is 18.1 Å². The smallest absolute Gasteiger partial charge is 0.237 e. The molecule has 1 aromatic rings. The number of thioether (sulfide) groups is 1. The van der Waals surface area contributed by atoms with Gasteiger partial charge in [-0.15, -0.1) is 0 Å². The molecule has 1 unspecified atom stereocenters. The van der Waals surface area contributed by atoms with Crippen molar-refractivity contribution in [3.05, 3.63) is 18.1 Å². The molecule has 6 heteroatoms. The number of methoxy groups -OCH3 is 1. The lowest BCUT2D eigenvalue weighted by Gasteiger charge is -2.15. The van der Waals surface area contributed by atoms with Crippen molar-refractivity contribution in [2.45, 2.75) is 6.04 Å². The van der Waals surface area contributed by atoms with E-state index in [4.69, 9.17) is 10.6 Å². The fourth-order valence-electron chi connectivity index (χ4n) is 1.10. The molecule has 5 nitrogen and oxygen atoms in total. The summed E-state index contributed by atoms with van der Waals surface area (Å²) in [5.41, 5.74) is 3.43. The van der Waals surface area contributed by atoms with Crippen LogP contribution in [0.15, 0.2) is 12.4 Å². The topological polar surface area (TPSA) is 73.1 Å². The first-order valence-corrected chi connectivity index (χ1v) is 5.52. The van der Waals surface area contributed by atoms with Gasteiger partial charge in [-0.25, -0.2) is 4.98 Å². The quantitative estimate of drug-likeness (QED) is 0.544. The van der Waals surface area contributed by atoms with Gasteiger partial charge < -0.3 is 4.74 Å². The van der Waals surface area contributed by atoms with E-state index in [9.17, 15) is 0 Å². The second-order valence-corrected chi connectivity index (χ2v) is 3.54. The molecule has 0 aliphatic rings. The predicted octanol–water partition coefficient (Wildman–Crippen LogP) is 0.353. The van der Waals surface area contributed by atoms with Crippen molar-refractivity contribution in [3.63, 3.8) is 0 Å². The van der Waals surface area contributed by atoms with Crippen LogP contribution in [0.5, 0.6) is 5.88 Å². The van der Waals surface area contributed by atoms with Gasteiger partial charge in [-0.05, 0) is 6.26 Å². The number of aromatic nitrogens is 2. The van der Waals surface area contributed by atoms with Crippen LogP contribution in [0.2, 0.25) is 0 Å². The highest BCUT2D eigenvalue weighted by Gasteiger charge is 2.16. The van der Waals surface area contributed by atoms with Crippen molar-refractivity contribution in [3.8, 4) is 5.88 Å². The number of hydrogen-bond donors (Lipinski definition) is 2. The Kier molecular flexibility index (Phi) is 4.64. The fraction of sp³-hybridized carbons (Fsp3) is 0.500. The lowest BCUT2D eigenvalue weighted by atomic mass is 10.2. The maximum Gasteiger partial charge on any atom is 0.237 e. The lowest BCUT2D eigenvalue weighted by Crippen LogP contribution is -2.30. The first-order valence-electron chi connectivity index (χ1n) is 4.13. The Bertz CT molecular complexity index is 284. The third-order valence-electron chi connectivity index (χ3n) is 1.75. The van der Waals surface area contributed by atoms with Crippen LogP contribution in [-0.2, 0) is 0 Å². The Morgan fingerprint density at radius 2 is 2.29 bits per heavy atom. The molecule has 3 N–H and O–H groups in total. The molecule has 1 heterocycles. The van der Waals surface area contributed by atoms with Crippen LogP contribution in [0.1, 0.15) is 11.7 Å². The van der Waals surface area contributed by atoms with Crippen molar-refractivity contribution < 1.29 is 4.74 Å². The number of nitrogens with zero attached hydrogens (tertiary/aromatic N) is 2. The van der Waals surface area contributed by atoms with E-state index in [1.807, 2.05) is 6.26 Å². The maximum atomic E-state index is 5.43. The Morgan fingerprint density at radius 1 is 1.57 bits per heavy atom. The summed E-state index contributed by atoms with van der Waals surface area (Å²) in [6.45, 7) is 0. The SMILES string of the molecule is COc1nccnc1C(CSC)NN. The zero-order valence-electron chi connectivity index (χ0n) is 8.23. The van der Waals surface area contributed by atoms with E-state index < -0.39 is 0 Å². The highest BCUT2D eigenvalue weighted by Crippen LogP contribution is 2.21. The predicted molar refractivity (Wildman–Crippen MR) is 57.0 cm³/mol. The van der Waals surface area contributed by atoms with Crippen molar-refractivity contribution >= 4 is 11.8 Å². The third-order valence-corrected chi connectivity index (χ3v) is 2.42. The lowest BCUT2D eigenvalue weighted by molar-refractivity contribution is 0.381. The van der Waals surface area contributed by atoms with E-state index >= 15 is 0 Å². The van der Waals surface area contributed by atoms with Crippen molar-refractivity contribution in [1.82, 2.24) is 15.4 Å². The molecule has 0 aliphatic carbocycles. The molecular formula is C8H14N4OS. The first kappa shape index (κ1) is 11.2. The summed E-state index contributed by atoms with van der Waals surface area (Å²) < 4.78 is 5.10. The summed E-state index contributed by atoms with van der Waals surface area (Å²) in [6, 6.07) is -0.0337. The Morgan fingerprint density at radius 3 is 2.86 bits per heavy atom. The zero-order valence-corrected chi connectivity index (χ0v) is 9.04. The molecule has 0 aromatic carbocycles. The largest absolute Gasteiger partial charge is 0.480 e. The average molecular weight is 214 g/mol. The monoisotopic (exact) mass is 214 g/mol. The van der Waals surface area contributed by atoms with E-state index in [1.54, 1.807) is 31.3 Å². The number of nitrogens with one attached hydrogen (secondary N) is 1. The number of ether oxygens (including phenoxy) is 1. The van der Waals surface area contributed by atoms with Gasteiger partial charge in [0.1, 0.15) is 5.69 Å². The van der Waals surface area contributed by atoms with Gasteiger partial charge in [-0.3, -0.25) is 16.3 Å². The zero-order chi connectivity index (χ0) is 10.4. The highest BCUT2D eigenvalue weighted by atomic mass is 32.2. The van der Waals surface area contributed by atoms with E-state index in [1.165, 1.54) is 0 Å². The van der Waals surface area contributed by atoms with E-state index in [0.29, 0.717) is 5.88 Å². The number of rotatable bonds is 5. The molecule has 0 spiro atoms. The minimum atomic E-state index is -0.0337. The second kappa shape index (κ2) is 5.79. The number of hydrazine groups is 1. The molecule has 14 heavy (non-hydrogen) atoms. The van der Waals surface area contributed by atoms with Crippen LogP contribution in [0, 0.1) is 0 Å². The molecule has 0 fully saturated rings. The summed E-state index contributed by atoms with van der Waals surface area (Å²) >= 11 is 1.68. The molecule has 0 radical (unpaired) electrons. The van der Waals surface area contributed by atoms with Gasteiger partial charge in [-0.1, -0.05) is 0 Å². The molecule has 1 atom stereocenters. The van der Waals surface area contributed by atoms with Crippen LogP contribution >= 0.6 is 11.8 Å². The molecule has 1 aromatic heterocycles. The Labute approximate surface area is 87.4 Å². The second-order valence-electron chi connectivity index (χ2n) is 2.63. The van der Waals surface area contributed by atoms with Crippen LogP contribution < -0.4 is 16.0 Å². The minimum absolute atomic E-state index is 0.0337. The Balaban J connectivity index is 2.90. The Hall–Kier alpha value is -0.850. The van der Waals surface area contributed by atoms with E-state index in [-0.39, 0.29) is 6.04 Å². The van der Waals surface area contributed by atoms with Crippen molar-refractivity contribution in [2.24, 2.45) is 5.84 Å². The molecule has 0 aliphatic heterocycles. The van der Waals surface area contributed by atoms with Gasteiger partial charge >= 0.3 is 0 Å². The van der Waals surface area contributed by atoms with Gasteiger partial charge in [0.05, 0.1) is 13.2 Å². The number of nitrogens with two attached hydrogens (primary N) is 1.